The monoisotopic (exact) mass is 628 g/mol. The van der Waals surface area contributed by atoms with E-state index in [4.69, 9.17) is 4.74 Å². The molecule has 164 valence electrons. The summed E-state index contributed by atoms with van der Waals surface area (Å²) in [7, 11) is 0. The lowest BCUT2D eigenvalue weighted by molar-refractivity contribution is 0.302. The van der Waals surface area contributed by atoms with E-state index < -0.39 is 0 Å². The maximum Gasteiger partial charge on any atom is 0.282 e. The number of nitriles is 1. The molecular weight excluding hydrogens is 616 g/mol. The molecule has 0 fully saturated rings. The van der Waals surface area contributed by atoms with Crippen LogP contribution in [0.15, 0.2) is 77.9 Å². The number of nitrogens with zero attached hydrogens (tertiary/aromatic N) is 4. The van der Waals surface area contributed by atoms with Crippen molar-refractivity contribution in [3.05, 3.63) is 101 Å². The van der Waals surface area contributed by atoms with Crippen molar-refractivity contribution in [1.29, 1.82) is 5.26 Å². The minimum absolute atomic E-state index is 0.246. The average molecular weight is 631 g/mol. The summed E-state index contributed by atoms with van der Waals surface area (Å²) >= 11 is 10.5. The Morgan fingerprint density at radius 3 is 2.58 bits per heavy atom. The third kappa shape index (κ3) is 5.08. The Kier molecular flexibility index (Phi) is 7.08. The van der Waals surface area contributed by atoms with Gasteiger partial charge in [-0.05, 0) is 80.7 Å². The molecule has 1 heterocycles. The summed E-state index contributed by atoms with van der Waals surface area (Å²) in [5.41, 5.74) is 2.50. The zero-order valence-corrected chi connectivity index (χ0v) is 22.0. The van der Waals surface area contributed by atoms with Gasteiger partial charge >= 0.3 is 0 Å². The van der Waals surface area contributed by atoms with Crippen LogP contribution in [0.5, 0.6) is 5.75 Å². The second-order valence-corrected chi connectivity index (χ2v) is 9.68. The number of halogens is 3. The van der Waals surface area contributed by atoms with Gasteiger partial charge in [-0.1, -0.05) is 34.1 Å². The zero-order chi connectivity index (χ0) is 23.5. The normalized spacial score (nSPS) is 11.1. The summed E-state index contributed by atoms with van der Waals surface area (Å²) in [5, 5.41) is 14.1. The maximum atomic E-state index is 12.9. The first-order chi connectivity index (χ1) is 15.9. The maximum absolute atomic E-state index is 12.9. The van der Waals surface area contributed by atoms with Crippen LogP contribution in [0.25, 0.3) is 10.9 Å². The molecule has 0 atom stereocenters. The molecule has 1 aromatic heterocycles. The molecule has 0 saturated carbocycles. The van der Waals surface area contributed by atoms with Crippen molar-refractivity contribution in [2.75, 3.05) is 0 Å². The molecule has 4 rings (SSSR count). The van der Waals surface area contributed by atoms with E-state index in [-0.39, 0.29) is 12.2 Å². The lowest BCUT2D eigenvalue weighted by atomic mass is 10.1. The molecule has 0 bridgehead atoms. The smallest absolute Gasteiger partial charge is 0.282 e. The molecule has 6 nitrogen and oxygen atoms in total. The summed E-state index contributed by atoms with van der Waals surface area (Å²) < 4.78 is 9.44. The third-order valence-electron chi connectivity index (χ3n) is 4.82. The van der Waals surface area contributed by atoms with Gasteiger partial charge in [-0.3, -0.25) is 4.79 Å². The highest BCUT2D eigenvalue weighted by Gasteiger charge is 2.11. The van der Waals surface area contributed by atoms with E-state index in [2.05, 4.69) is 63.9 Å². The molecular formula is C24H15Br3N4O2. The molecule has 0 aliphatic rings. The number of aromatic nitrogens is 2. The van der Waals surface area contributed by atoms with Crippen LogP contribution in [0, 0.1) is 18.3 Å². The van der Waals surface area contributed by atoms with Gasteiger partial charge in [0.15, 0.2) is 0 Å². The van der Waals surface area contributed by atoms with Gasteiger partial charge in [-0.2, -0.15) is 15.0 Å². The summed E-state index contributed by atoms with van der Waals surface area (Å²) in [6.45, 7) is 1.99. The van der Waals surface area contributed by atoms with Gasteiger partial charge in [0.25, 0.3) is 5.56 Å². The van der Waals surface area contributed by atoms with E-state index in [1.165, 1.54) is 4.68 Å². The van der Waals surface area contributed by atoms with Crippen molar-refractivity contribution in [3.8, 4) is 11.8 Å². The van der Waals surface area contributed by atoms with E-state index in [9.17, 15) is 10.1 Å². The Labute approximate surface area is 214 Å². The summed E-state index contributed by atoms with van der Waals surface area (Å²) in [6.07, 6.45) is 1.59. The van der Waals surface area contributed by atoms with Crippen LogP contribution in [0.4, 0.5) is 0 Å². The molecule has 0 aliphatic heterocycles. The van der Waals surface area contributed by atoms with Crippen LogP contribution in [0.1, 0.15) is 22.5 Å². The highest BCUT2D eigenvalue weighted by atomic mass is 79.9. The van der Waals surface area contributed by atoms with E-state index in [1.807, 2.05) is 36.4 Å². The van der Waals surface area contributed by atoms with Gasteiger partial charge in [-0.25, -0.2) is 4.98 Å². The highest BCUT2D eigenvalue weighted by Crippen LogP contribution is 2.35. The van der Waals surface area contributed by atoms with Crippen LogP contribution in [0.2, 0.25) is 0 Å². The third-order valence-corrected chi connectivity index (χ3v) is 6.49. The van der Waals surface area contributed by atoms with Crippen molar-refractivity contribution >= 4 is 64.9 Å². The standard InChI is InChI=1S/C24H15Br3N4O2/c1-14-30-22-7-6-18(25)10-19(22)24(32)31(14)29-12-15-8-20(26)23(21(27)9-15)33-13-17-5-3-2-4-16(17)11-28/h2-10,12H,13H2,1H3. The molecule has 0 unspecified atom stereocenters. The largest absolute Gasteiger partial charge is 0.486 e. The molecule has 0 spiro atoms. The van der Waals surface area contributed by atoms with Crippen molar-refractivity contribution in [2.45, 2.75) is 13.5 Å². The van der Waals surface area contributed by atoms with Crippen LogP contribution >= 0.6 is 47.8 Å². The fourth-order valence-corrected chi connectivity index (χ4v) is 5.03. The lowest BCUT2D eigenvalue weighted by Crippen LogP contribution is -2.20. The number of aryl methyl sites for hydroxylation is 1. The Hall–Kier alpha value is -2.80. The Bertz CT molecular complexity index is 1480. The average Bonchev–Trinajstić information content (AvgIpc) is 2.79. The Balaban J connectivity index is 1.61. The molecule has 0 aliphatic carbocycles. The molecule has 9 heteroatoms. The van der Waals surface area contributed by atoms with Gasteiger partial charge in [0, 0.05) is 10.0 Å². The number of benzene rings is 3. The van der Waals surface area contributed by atoms with E-state index in [1.54, 1.807) is 31.3 Å². The van der Waals surface area contributed by atoms with Crippen LogP contribution in [-0.2, 0) is 6.61 Å². The van der Waals surface area contributed by atoms with Crippen LogP contribution in [-0.4, -0.2) is 15.9 Å². The summed E-state index contributed by atoms with van der Waals surface area (Å²) in [4.78, 5) is 17.4. The van der Waals surface area contributed by atoms with E-state index >= 15 is 0 Å². The Morgan fingerprint density at radius 2 is 1.85 bits per heavy atom. The summed E-state index contributed by atoms with van der Waals surface area (Å²) in [6, 6.07) is 18.5. The second-order valence-electron chi connectivity index (χ2n) is 7.05. The predicted octanol–water partition coefficient (Wildman–Crippen LogP) is 6.33. The van der Waals surface area contributed by atoms with E-state index in [0.717, 1.165) is 15.6 Å². The van der Waals surface area contributed by atoms with Crippen LogP contribution < -0.4 is 10.3 Å². The fraction of sp³-hybridized carbons (Fsp3) is 0.0833. The molecule has 4 aromatic rings. The van der Waals surface area contributed by atoms with Crippen molar-refractivity contribution in [1.82, 2.24) is 9.66 Å². The Morgan fingerprint density at radius 1 is 1.12 bits per heavy atom. The lowest BCUT2D eigenvalue weighted by Gasteiger charge is -2.12. The van der Waals surface area contributed by atoms with Crippen molar-refractivity contribution < 1.29 is 4.74 Å². The SMILES string of the molecule is Cc1nc2ccc(Br)cc2c(=O)n1N=Cc1cc(Br)c(OCc2ccccc2C#N)c(Br)c1. The topological polar surface area (TPSA) is 80.3 Å². The first-order valence-electron chi connectivity index (χ1n) is 9.70. The second kappa shape index (κ2) is 10.00. The first-order valence-corrected chi connectivity index (χ1v) is 12.1. The number of ether oxygens (including phenoxy) is 1. The molecule has 0 amide bonds. The number of fused-ring (bicyclic) bond motifs is 1. The van der Waals surface area contributed by atoms with Gasteiger partial charge in [0.05, 0.1) is 37.7 Å². The number of rotatable bonds is 5. The molecule has 33 heavy (non-hydrogen) atoms. The quantitative estimate of drug-likeness (QED) is 0.242. The number of hydrogen-bond acceptors (Lipinski definition) is 5. The molecule has 0 radical (unpaired) electrons. The van der Waals surface area contributed by atoms with Gasteiger partial charge < -0.3 is 4.74 Å². The molecule has 0 saturated heterocycles. The number of hydrogen-bond donors (Lipinski definition) is 0. The van der Waals surface area contributed by atoms with Gasteiger partial charge in [-0.15, -0.1) is 0 Å². The van der Waals surface area contributed by atoms with Crippen molar-refractivity contribution in [2.24, 2.45) is 5.10 Å². The first kappa shape index (κ1) is 23.4. The summed E-state index contributed by atoms with van der Waals surface area (Å²) in [5.74, 6) is 1.09. The molecule has 0 N–H and O–H groups in total. The predicted molar refractivity (Wildman–Crippen MR) is 139 cm³/mol. The highest BCUT2D eigenvalue weighted by molar-refractivity contribution is 9.11. The minimum Gasteiger partial charge on any atom is -0.486 e. The molecule has 3 aromatic carbocycles. The van der Waals surface area contributed by atoms with Gasteiger partial charge in [0.2, 0.25) is 0 Å². The van der Waals surface area contributed by atoms with E-state index in [0.29, 0.717) is 37.0 Å². The fourth-order valence-electron chi connectivity index (χ4n) is 3.22. The minimum atomic E-state index is -0.246. The zero-order valence-electron chi connectivity index (χ0n) is 17.2. The van der Waals surface area contributed by atoms with Crippen LogP contribution in [0.3, 0.4) is 0 Å². The van der Waals surface area contributed by atoms with Gasteiger partial charge in [0.1, 0.15) is 18.2 Å². The van der Waals surface area contributed by atoms with Crippen molar-refractivity contribution in [3.63, 3.8) is 0 Å².